The highest BCUT2D eigenvalue weighted by atomic mass is 79.9. The summed E-state index contributed by atoms with van der Waals surface area (Å²) in [6.45, 7) is 0. The molecule has 0 saturated heterocycles. The van der Waals surface area contributed by atoms with Gasteiger partial charge in [-0.3, -0.25) is 14.4 Å². The summed E-state index contributed by atoms with van der Waals surface area (Å²) in [5.74, 6) is -3.50. The fraction of sp³-hybridized carbons (Fsp3) is 0.111. The number of carboxylic acid groups (broad SMARTS) is 1. The first-order chi connectivity index (χ1) is 11.4. The van der Waals surface area contributed by atoms with Crippen molar-refractivity contribution in [2.24, 2.45) is 0 Å². The molecule has 0 bridgehead atoms. The summed E-state index contributed by atoms with van der Waals surface area (Å²) in [5.41, 5.74) is 1.35. The average molecular weight is 389 g/mol. The van der Waals surface area contributed by atoms with Gasteiger partial charge >= 0.3 is 5.97 Å². The van der Waals surface area contributed by atoms with Crippen LogP contribution in [-0.2, 0) is 16.0 Å². The van der Waals surface area contributed by atoms with Crippen molar-refractivity contribution in [2.75, 3.05) is 0 Å². The third kappa shape index (κ3) is 4.45. The van der Waals surface area contributed by atoms with E-state index in [4.69, 9.17) is 5.11 Å². The number of carbonyl (C=O) groups is 4. The van der Waals surface area contributed by atoms with Crippen molar-refractivity contribution in [1.29, 1.82) is 0 Å². The van der Waals surface area contributed by atoms with E-state index in [2.05, 4.69) is 15.9 Å². The van der Waals surface area contributed by atoms with Crippen LogP contribution in [0.2, 0.25) is 0 Å². The molecule has 0 aliphatic heterocycles. The summed E-state index contributed by atoms with van der Waals surface area (Å²) in [6, 6.07) is 13.3. The molecule has 0 unspecified atom stereocenters. The van der Waals surface area contributed by atoms with Crippen LogP contribution in [0.4, 0.5) is 0 Å². The van der Waals surface area contributed by atoms with Gasteiger partial charge in [0.05, 0.1) is 6.42 Å². The minimum Gasteiger partial charge on any atom is -0.475 e. The summed E-state index contributed by atoms with van der Waals surface area (Å²) in [4.78, 5) is 46.0. The van der Waals surface area contributed by atoms with Crippen LogP contribution in [-0.4, -0.2) is 28.4 Å². The van der Waals surface area contributed by atoms with Gasteiger partial charge in [-0.05, 0) is 17.7 Å². The van der Waals surface area contributed by atoms with E-state index in [1.807, 2.05) is 6.07 Å². The number of carboxylic acids is 1. The van der Waals surface area contributed by atoms with Crippen LogP contribution in [0.1, 0.15) is 32.7 Å². The highest BCUT2D eigenvalue weighted by Crippen LogP contribution is 2.21. The molecule has 0 fully saturated rings. The van der Waals surface area contributed by atoms with Gasteiger partial charge in [-0.1, -0.05) is 52.3 Å². The van der Waals surface area contributed by atoms with Crippen molar-refractivity contribution < 1.29 is 24.3 Å². The van der Waals surface area contributed by atoms with E-state index in [9.17, 15) is 19.2 Å². The second-order valence-electron chi connectivity index (χ2n) is 5.10. The van der Waals surface area contributed by atoms with Crippen LogP contribution in [0, 0.1) is 0 Å². The van der Waals surface area contributed by atoms with Crippen LogP contribution in [0.5, 0.6) is 0 Å². The first kappa shape index (κ1) is 17.7. The standard InChI is InChI=1S/C18H13BrO5/c19-14-7-6-12(16(21)10-17(22)18(23)24)8-13(14)9-15(20)11-4-2-1-3-5-11/h1-8H,9-10H2,(H,23,24). The van der Waals surface area contributed by atoms with Crippen LogP contribution in [0.15, 0.2) is 53.0 Å². The predicted octanol–water partition coefficient (Wildman–Crippen LogP) is 3.10. The number of halogens is 1. The molecular formula is C18H13BrO5. The molecule has 122 valence electrons. The molecule has 2 aromatic rings. The van der Waals surface area contributed by atoms with Gasteiger partial charge < -0.3 is 5.11 Å². The zero-order valence-corrected chi connectivity index (χ0v) is 14.1. The normalized spacial score (nSPS) is 10.2. The van der Waals surface area contributed by atoms with E-state index >= 15 is 0 Å². The molecule has 0 saturated carbocycles. The van der Waals surface area contributed by atoms with Gasteiger partial charge in [0.1, 0.15) is 0 Å². The largest absolute Gasteiger partial charge is 0.475 e. The minimum atomic E-state index is -1.64. The van der Waals surface area contributed by atoms with E-state index < -0.39 is 24.0 Å². The maximum absolute atomic E-state index is 12.3. The summed E-state index contributed by atoms with van der Waals surface area (Å²) >= 11 is 3.33. The molecule has 2 aromatic carbocycles. The molecule has 1 N–H and O–H groups in total. The molecule has 0 aliphatic rings. The van der Waals surface area contributed by atoms with Crippen LogP contribution < -0.4 is 0 Å². The average Bonchev–Trinajstić information content (AvgIpc) is 2.57. The lowest BCUT2D eigenvalue weighted by molar-refractivity contribution is -0.148. The van der Waals surface area contributed by atoms with E-state index in [1.54, 1.807) is 30.3 Å². The number of hydrogen-bond acceptors (Lipinski definition) is 4. The Hall–Kier alpha value is -2.60. The Bertz CT molecular complexity index is 811. The predicted molar refractivity (Wildman–Crippen MR) is 90.2 cm³/mol. The minimum absolute atomic E-state index is 0.0819. The number of hydrogen-bond donors (Lipinski definition) is 1. The van der Waals surface area contributed by atoms with Crippen LogP contribution in [0.3, 0.4) is 0 Å². The maximum Gasteiger partial charge on any atom is 0.372 e. The number of aliphatic carboxylic acids is 1. The lowest BCUT2D eigenvalue weighted by Gasteiger charge is -2.07. The number of benzene rings is 2. The van der Waals surface area contributed by atoms with E-state index in [0.717, 1.165) is 0 Å². The molecule has 2 rings (SSSR count). The molecular weight excluding hydrogens is 376 g/mol. The topological polar surface area (TPSA) is 88.5 Å². The lowest BCUT2D eigenvalue weighted by Crippen LogP contribution is -2.17. The first-order valence-corrected chi connectivity index (χ1v) is 7.84. The number of rotatable bonds is 7. The second kappa shape index (κ2) is 7.79. The van der Waals surface area contributed by atoms with E-state index in [-0.39, 0.29) is 17.8 Å². The number of Topliss-reactive ketones (excluding diaryl/α,β-unsaturated/α-hetero) is 3. The summed E-state index contributed by atoms with van der Waals surface area (Å²) in [7, 11) is 0. The van der Waals surface area contributed by atoms with Crippen LogP contribution in [0.25, 0.3) is 0 Å². The van der Waals surface area contributed by atoms with Crippen molar-refractivity contribution in [3.05, 3.63) is 69.7 Å². The fourth-order valence-corrected chi connectivity index (χ4v) is 2.49. The molecule has 0 amide bonds. The molecule has 0 heterocycles. The monoisotopic (exact) mass is 388 g/mol. The van der Waals surface area contributed by atoms with Crippen molar-refractivity contribution in [2.45, 2.75) is 12.8 Å². The van der Waals surface area contributed by atoms with Gasteiger partial charge in [0, 0.05) is 22.0 Å². The lowest BCUT2D eigenvalue weighted by atomic mass is 9.99. The van der Waals surface area contributed by atoms with Gasteiger partial charge in [-0.25, -0.2) is 4.79 Å². The Morgan fingerprint density at radius 3 is 2.17 bits per heavy atom. The summed E-state index contributed by atoms with van der Waals surface area (Å²) < 4.78 is 0.660. The number of ketones is 3. The van der Waals surface area contributed by atoms with Gasteiger partial charge in [0.2, 0.25) is 5.78 Å². The van der Waals surface area contributed by atoms with Crippen molar-refractivity contribution in [3.63, 3.8) is 0 Å². The second-order valence-corrected chi connectivity index (χ2v) is 5.95. The number of carbonyl (C=O) groups excluding carboxylic acids is 3. The molecule has 6 heteroatoms. The first-order valence-electron chi connectivity index (χ1n) is 7.04. The Morgan fingerprint density at radius 1 is 0.875 bits per heavy atom. The Kier molecular flexibility index (Phi) is 5.76. The highest BCUT2D eigenvalue weighted by Gasteiger charge is 2.19. The zero-order chi connectivity index (χ0) is 17.7. The van der Waals surface area contributed by atoms with Crippen LogP contribution >= 0.6 is 15.9 Å². The van der Waals surface area contributed by atoms with Crippen molar-refractivity contribution >= 4 is 39.2 Å². The molecule has 0 spiro atoms. The third-order valence-electron chi connectivity index (χ3n) is 3.37. The van der Waals surface area contributed by atoms with Gasteiger partial charge in [-0.2, -0.15) is 0 Å². The van der Waals surface area contributed by atoms with E-state index in [0.29, 0.717) is 15.6 Å². The Balaban J connectivity index is 2.19. The van der Waals surface area contributed by atoms with Gasteiger partial charge in [0.15, 0.2) is 11.6 Å². The summed E-state index contributed by atoms with van der Waals surface area (Å²) in [5, 5.41) is 8.57. The van der Waals surface area contributed by atoms with Crippen molar-refractivity contribution in [3.8, 4) is 0 Å². The molecule has 0 aromatic heterocycles. The zero-order valence-electron chi connectivity index (χ0n) is 12.5. The SMILES string of the molecule is O=C(O)C(=O)CC(=O)c1ccc(Br)c(CC(=O)c2ccccc2)c1. The fourth-order valence-electron chi connectivity index (χ4n) is 2.11. The van der Waals surface area contributed by atoms with Crippen molar-refractivity contribution in [1.82, 2.24) is 0 Å². The molecule has 0 radical (unpaired) electrons. The molecule has 0 atom stereocenters. The molecule has 5 nitrogen and oxygen atoms in total. The third-order valence-corrected chi connectivity index (χ3v) is 4.15. The summed E-state index contributed by atoms with van der Waals surface area (Å²) in [6.07, 6.45) is -0.623. The highest BCUT2D eigenvalue weighted by molar-refractivity contribution is 9.10. The maximum atomic E-state index is 12.3. The molecule has 0 aliphatic carbocycles. The van der Waals surface area contributed by atoms with Gasteiger partial charge in [-0.15, -0.1) is 0 Å². The Morgan fingerprint density at radius 2 is 1.54 bits per heavy atom. The smallest absolute Gasteiger partial charge is 0.372 e. The van der Waals surface area contributed by atoms with Gasteiger partial charge in [0.25, 0.3) is 0 Å². The Labute approximate surface area is 146 Å². The molecule has 24 heavy (non-hydrogen) atoms. The van der Waals surface area contributed by atoms with E-state index in [1.165, 1.54) is 12.1 Å². The quantitative estimate of drug-likeness (QED) is 0.447.